The molecule has 1 heteroatoms. The molecule has 0 unspecified atom stereocenters. The fourth-order valence-electron chi connectivity index (χ4n) is 1.51. The summed E-state index contributed by atoms with van der Waals surface area (Å²) in [7, 11) is 2.17. The second-order valence-electron chi connectivity index (χ2n) is 4.15. The molecule has 0 radical (unpaired) electrons. The molecule has 0 bridgehead atoms. The highest BCUT2D eigenvalue weighted by atomic mass is 15.1. The van der Waals surface area contributed by atoms with E-state index in [1.165, 1.54) is 57.2 Å². The molecule has 0 aliphatic rings. The Hall–Kier alpha value is -0.460. The molecule has 0 aromatic carbocycles. The topological polar surface area (TPSA) is 3.24 Å². The van der Waals surface area contributed by atoms with Crippen LogP contribution in [-0.4, -0.2) is 18.5 Å². The van der Waals surface area contributed by atoms with Gasteiger partial charge in [0.1, 0.15) is 0 Å². The lowest BCUT2D eigenvalue weighted by Crippen LogP contribution is -2.18. The van der Waals surface area contributed by atoms with E-state index in [1.807, 2.05) is 0 Å². The monoisotopic (exact) mass is 197 g/mol. The third-order valence-corrected chi connectivity index (χ3v) is 2.71. The van der Waals surface area contributed by atoms with Crippen molar-refractivity contribution in [2.75, 3.05) is 13.6 Å². The number of hydrogen-bond donors (Lipinski definition) is 0. The average molecular weight is 197 g/mol. The molecule has 0 aromatic rings. The summed E-state index contributed by atoms with van der Waals surface area (Å²) in [5.74, 6) is 0. The number of unbranched alkanes of at least 4 members (excludes halogenated alkanes) is 4. The fraction of sp³-hybridized carbons (Fsp3) is 0.846. The number of hydrogen-bond acceptors (Lipinski definition) is 1. The van der Waals surface area contributed by atoms with Gasteiger partial charge in [0.05, 0.1) is 0 Å². The Balaban J connectivity index is 3.42. The number of rotatable bonds is 9. The molecule has 0 rings (SSSR count). The van der Waals surface area contributed by atoms with Gasteiger partial charge in [-0.1, -0.05) is 46.1 Å². The van der Waals surface area contributed by atoms with Gasteiger partial charge in [0, 0.05) is 19.3 Å². The number of allylic oxidation sites excluding steroid dienone is 1. The summed E-state index contributed by atoms with van der Waals surface area (Å²) in [6.07, 6.45) is 9.08. The maximum atomic E-state index is 4.12. The minimum absolute atomic E-state index is 1.17. The molecule has 14 heavy (non-hydrogen) atoms. The Labute approximate surface area is 90.2 Å². The Morgan fingerprint density at radius 2 is 1.64 bits per heavy atom. The molecule has 0 aliphatic heterocycles. The molecule has 0 N–H and O–H groups in total. The predicted molar refractivity (Wildman–Crippen MR) is 65.4 cm³/mol. The van der Waals surface area contributed by atoms with Gasteiger partial charge in [-0.05, 0) is 19.3 Å². The fourth-order valence-corrected chi connectivity index (χ4v) is 1.51. The zero-order valence-electron chi connectivity index (χ0n) is 10.3. The van der Waals surface area contributed by atoms with Crippen LogP contribution in [0, 0.1) is 0 Å². The van der Waals surface area contributed by atoms with Crippen LogP contribution in [0.15, 0.2) is 12.3 Å². The molecular formula is C13H27N. The van der Waals surface area contributed by atoms with Gasteiger partial charge in [-0.3, -0.25) is 0 Å². The van der Waals surface area contributed by atoms with Crippen molar-refractivity contribution in [2.24, 2.45) is 0 Å². The van der Waals surface area contributed by atoms with Crippen molar-refractivity contribution in [2.45, 2.75) is 58.8 Å². The molecule has 0 aromatic heterocycles. The van der Waals surface area contributed by atoms with Crippen LogP contribution in [-0.2, 0) is 0 Å². The summed E-state index contributed by atoms with van der Waals surface area (Å²) < 4.78 is 0. The van der Waals surface area contributed by atoms with Gasteiger partial charge in [-0.2, -0.15) is 0 Å². The van der Waals surface area contributed by atoms with Crippen molar-refractivity contribution in [3.63, 3.8) is 0 Å². The van der Waals surface area contributed by atoms with E-state index in [0.29, 0.717) is 0 Å². The molecule has 84 valence electrons. The van der Waals surface area contributed by atoms with Crippen molar-refractivity contribution >= 4 is 0 Å². The highest BCUT2D eigenvalue weighted by molar-refractivity contribution is 4.91. The third-order valence-electron chi connectivity index (χ3n) is 2.71. The van der Waals surface area contributed by atoms with E-state index in [0.717, 1.165) is 0 Å². The summed E-state index contributed by atoms with van der Waals surface area (Å²) in [6, 6.07) is 0. The largest absolute Gasteiger partial charge is 0.378 e. The number of nitrogens with zero attached hydrogens (tertiary/aromatic N) is 1. The van der Waals surface area contributed by atoms with Crippen LogP contribution < -0.4 is 0 Å². The lowest BCUT2D eigenvalue weighted by molar-refractivity contribution is 0.383. The van der Waals surface area contributed by atoms with Gasteiger partial charge < -0.3 is 4.90 Å². The Kier molecular flexibility index (Phi) is 8.81. The third kappa shape index (κ3) is 6.99. The standard InChI is InChI=1S/C13H27N/c1-5-7-9-10-12-14(4)13(3)11-8-6-2/h3,5-12H2,1-2,4H3. The van der Waals surface area contributed by atoms with Crippen LogP contribution in [0.5, 0.6) is 0 Å². The Morgan fingerprint density at radius 1 is 1.00 bits per heavy atom. The molecule has 0 heterocycles. The molecule has 0 spiro atoms. The van der Waals surface area contributed by atoms with Crippen LogP contribution in [0.25, 0.3) is 0 Å². The average Bonchev–Trinajstić information content (AvgIpc) is 2.20. The van der Waals surface area contributed by atoms with Gasteiger partial charge in [-0.25, -0.2) is 0 Å². The normalized spacial score (nSPS) is 10.2. The molecule has 0 atom stereocenters. The van der Waals surface area contributed by atoms with Crippen molar-refractivity contribution in [1.29, 1.82) is 0 Å². The van der Waals surface area contributed by atoms with Crippen LogP contribution in [0.1, 0.15) is 58.8 Å². The van der Waals surface area contributed by atoms with Gasteiger partial charge >= 0.3 is 0 Å². The molecule has 0 aliphatic carbocycles. The first-order valence-corrected chi connectivity index (χ1v) is 6.11. The lowest BCUT2D eigenvalue weighted by Gasteiger charge is -2.21. The summed E-state index contributed by atoms with van der Waals surface area (Å²) in [6.45, 7) is 9.78. The van der Waals surface area contributed by atoms with Crippen molar-refractivity contribution in [3.05, 3.63) is 12.3 Å². The first-order valence-electron chi connectivity index (χ1n) is 6.11. The van der Waals surface area contributed by atoms with Gasteiger partial charge in [0.25, 0.3) is 0 Å². The Bertz CT molecular complexity index is 140. The Morgan fingerprint density at radius 3 is 2.21 bits per heavy atom. The van der Waals surface area contributed by atoms with Crippen molar-refractivity contribution < 1.29 is 0 Å². The minimum Gasteiger partial charge on any atom is -0.378 e. The van der Waals surface area contributed by atoms with Gasteiger partial charge in [-0.15, -0.1) is 0 Å². The van der Waals surface area contributed by atoms with Gasteiger partial charge in [0.2, 0.25) is 0 Å². The zero-order valence-corrected chi connectivity index (χ0v) is 10.3. The molecule has 0 saturated carbocycles. The second-order valence-corrected chi connectivity index (χ2v) is 4.15. The van der Waals surface area contributed by atoms with Crippen molar-refractivity contribution in [3.8, 4) is 0 Å². The maximum absolute atomic E-state index is 4.12. The van der Waals surface area contributed by atoms with E-state index >= 15 is 0 Å². The predicted octanol–water partition coefficient (Wildman–Crippen LogP) is 4.20. The van der Waals surface area contributed by atoms with Gasteiger partial charge in [0.15, 0.2) is 0 Å². The molecular weight excluding hydrogens is 170 g/mol. The van der Waals surface area contributed by atoms with E-state index < -0.39 is 0 Å². The summed E-state index contributed by atoms with van der Waals surface area (Å²) >= 11 is 0. The molecule has 0 saturated heterocycles. The first-order chi connectivity index (χ1) is 6.72. The van der Waals surface area contributed by atoms with E-state index in [4.69, 9.17) is 0 Å². The van der Waals surface area contributed by atoms with Crippen molar-refractivity contribution in [1.82, 2.24) is 4.90 Å². The molecule has 0 fully saturated rings. The lowest BCUT2D eigenvalue weighted by atomic mass is 10.1. The minimum atomic E-state index is 1.17. The zero-order chi connectivity index (χ0) is 10.8. The van der Waals surface area contributed by atoms with Crippen LogP contribution in [0.3, 0.4) is 0 Å². The SMILES string of the molecule is C=C(CCCC)N(C)CCCCCC. The second kappa shape index (κ2) is 9.11. The quantitative estimate of drug-likeness (QED) is 0.501. The summed E-state index contributed by atoms with van der Waals surface area (Å²) in [5, 5.41) is 0. The summed E-state index contributed by atoms with van der Waals surface area (Å²) in [4.78, 5) is 2.32. The molecule has 0 amide bonds. The molecule has 1 nitrogen and oxygen atoms in total. The smallest absolute Gasteiger partial charge is 0.0171 e. The van der Waals surface area contributed by atoms with E-state index in [2.05, 4.69) is 32.4 Å². The van der Waals surface area contributed by atoms with E-state index in [-0.39, 0.29) is 0 Å². The highest BCUT2D eigenvalue weighted by Crippen LogP contribution is 2.10. The highest BCUT2D eigenvalue weighted by Gasteiger charge is 2.00. The van der Waals surface area contributed by atoms with E-state index in [1.54, 1.807) is 0 Å². The first kappa shape index (κ1) is 13.5. The van der Waals surface area contributed by atoms with Crippen LogP contribution >= 0.6 is 0 Å². The summed E-state index contributed by atoms with van der Waals surface area (Å²) in [5.41, 5.74) is 1.31. The van der Waals surface area contributed by atoms with E-state index in [9.17, 15) is 0 Å². The maximum Gasteiger partial charge on any atom is 0.0171 e. The van der Waals surface area contributed by atoms with Crippen LogP contribution in [0.2, 0.25) is 0 Å². The van der Waals surface area contributed by atoms with Crippen LogP contribution in [0.4, 0.5) is 0 Å².